The Bertz CT molecular complexity index is 561. The van der Waals surface area contributed by atoms with E-state index in [1.54, 1.807) is 0 Å². The molecule has 18 heavy (non-hydrogen) atoms. The Morgan fingerprint density at radius 2 is 1.83 bits per heavy atom. The summed E-state index contributed by atoms with van der Waals surface area (Å²) in [5.74, 6) is 0. The fourth-order valence-electron chi connectivity index (χ4n) is 2.57. The molecule has 0 bridgehead atoms. The molecule has 92 valence electrons. The second-order valence-corrected chi connectivity index (χ2v) is 4.87. The van der Waals surface area contributed by atoms with E-state index in [4.69, 9.17) is 5.73 Å². The summed E-state index contributed by atoms with van der Waals surface area (Å²) in [6, 6.07) is 15.3. The van der Waals surface area contributed by atoms with Crippen LogP contribution in [0, 0.1) is 0 Å². The first-order valence-corrected chi connectivity index (χ1v) is 6.49. The number of nitrogens with two attached hydrogens (primary N) is 1. The average molecular weight is 238 g/mol. The van der Waals surface area contributed by atoms with Gasteiger partial charge in [-0.3, -0.25) is 0 Å². The Hall–Kier alpha value is -1.80. The lowest BCUT2D eigenvalue weighted by molar-refractivity contribution is 1.05. The zero-order valence-corrected chi connectivity index (χ0v) is 10.4. The largest absolute Gasteiger partial charge is 0.384 e. The van der Waals surface area contributed by atoms with Crippen molar-refractivity contribution in [2.75, 3.05) is 11.9 Å². The molecular formula is C16H18N2. The van der Waals surface area contributed by atoms with Crippen molar-refractivity contribution in [3.63, 3.8) is 0 Å². The molecule has 0 unspecified atom stereocenters. The van der Waals surface area contributed by atoms with Crippen LogP contribution >= 0.6 is 0 Å². The van der Waals surface area contributed by atoms with Gasteiger partial charge in [-0.25, -0.2) is 0 Å². The number of anilines is 1. The van der Waals surface area contributed by atoms with Crippen molar-refractivity contribution < 1.29 is 0 Å². The molecule has 0 radical (unpaired) electrons. The normalized spacial score (nSPS) is 13.2. The van der Waals surface area contributed by atoms with Crippen molar-refractivity contribution >= 4 is 5.69 Å². The van der Waals surface area contributed by atoms with Crippen molar-refractivity contribution in [2.24, 2.45) is 5.73 Å². The third kappa shape index (κ3) is 2.24. The van der Waals surface area contributed by atoms with Gasteiger partial charge in [-0.2, -0.15) is 0 Å². The summed E-state index contributed by atoms with van der Waals surface area (Å²) in [7, 11) is 0. The minimum atomic E-state index is 0.613. The van der Waals surface area contributed by atoms with Gasteiger partial charge in [-0.1, -0.05) is 36.4 Å². The first-order chi connectivity index (χ1) is 8.85. The second kappa shape index (κ2) is 4.83. The number of rotatable bonds is 3. The topological polar surface area (TPSA) is 38.0 Å². The SMILES string of the molecule is NCc1cccc(Cc2ccc3c(c2)CCN3)c1. The van der Waals surface area contributed by atoms with Crippen LogP contribution in [0.5, 0.6) is 0 Å². The number of hydrogen-bond donors (Lipinski definition) is 2. The predicted molar refractivity (Wildman–Crippen MR) is 75.8 cm³/mol. The van der Waals surface area contributed by atoms with Crippen LogP contribution in [0.1, 0.15) is 22.3 Å². The van der Waals surface area contributed by atoms with Gasteiger partial charge in [0.1, 0.15) is 0 Å². The highest BCUT2D eigenvalue weighted by atomic mass is 14.9. The summed E-state index contributed by atoms with van der Waals surface area (Å²) in [6.45, 7) is 1.68. The van der Waals surface area contributed by atoms with Crippen molar-refractivity contribution in [3.8, 4) is 0 Å². The third-order valence-electron chi connectivity index (χ3n) is 3.51. The number of fused-ring (bicyclic) bond motifs is 1. The Labute approximate surface area is 108 Å². The van der Waals surface area contributed by atoms with Gasteiger partial charge in [0.05, 0.1) is 0 Å². The molecule has 0 saturated heterocycles. The molecule has 0 atom stereocenters. The molecule has 1 heterocycles. The minimum absolute atomic E-state index is 0.613. The fourth-order valence-corrected chi connectivity index (χ4v) is 2.57. The predicted octanol–water partition coefficient (Wildman–Crippen LogP) is 2.70. The molecule has 2 heteroatoms. The molecule has 0 amide bonds. The van der Waals surface area contributed by atoms with Crippen LogP contribution in [0.15, 0.2) is 42.5 Å². The molecule has 0 saturated carbocycles. The lowest BCUT2D eigenvalue weighted by Gasteiger charge is -2.06. The van der Waals surface area contributed by atoms with Crippen LogP contribution in [0.25, 0.3) is 0 Å². The Morgan fingerprint density at radius 1 is 1.00 bits per heavy atom. The van der Waals surface area contributed by atoms with Crippen LogP contribution in [0.4, 0.5) is 5.69 Å². The number of nitrogens with one attached hydrogen (secondary N) is 1. The van der Waals surface area contributed by atoms with Crippen LogP contribution in [-0.4, -0.2) is 6.54 Å². The minimum Gasteiger partial charge on any atom is -0.384 e. The fraction of sp³-hybridized carbons (Fsp3) is 0.250. The van der Waals surface area contributed by atoms with Crippen LogP contribution in [0.3, 0.4) is 0 Å². The monoisotopic (exact) mass is 238 g/mol. The van der Waals surface area contributed by atoms with E-state index in [9.17, 15) is 0 Å². The molecule has 2 aromatic rings. The van der Waals surface area contributed by atoms with Gasteiger partial charge >= 0.3 is 0 Å². The second-order valence-electron chi connectivity index (χ2n) is 4.87. The van der Waals surface area contributed by atoms with E-state index in [0.29, 0.717) is 6.54 Å². The van der Waals surface area contributed by atoms with Gasteiger partial charge in [-0.15, -0.1) is 0 Å². The van der Waals surface area contributed by atoms with E-state index in [1.165, 1.54) is 27.9 Å². The van der Waals surface area contributed by atoms with E-state index in [2.05, 4.69) is 47.8 Å². The smallest absolute Gasteiger partial charge is 0.0373 e. The lowest BCUT2D eigenvalue weighted by atomic mass is 10.0. The maximum Gasteiger partial charge on any atom is 0.0373 e. The van der Waals surface area contributed by atoms with Gasteiger partial charge < -0.3 is 11.1 Å². The molecule has 3 N–H and O–H groups in total. The van der Waals surface area contributed by atoms with Gasteiger partial charge in [0, 0.05) is 18.8 Å². The highest BCUT2D eigenvalue weighted by Gasteiger charge is 2.09. The molecule has 0 fully saturated rings. The molecule has 2 aromatic carbocycles. The van der Waals surface area contributed by atoms with Crippen LogP contribution in [-0.2, 0) is 19.4 Å². The van der Waals surface area contributed by atoms with Gasteiger partial charge in [0.2, 0.25) is 0 Å². The summed E-state index contributed by atoms with van der Waals surface area (Å²) in [5.41, 5.74) is 12.3. The summed E-state index contributed by atoms with van der Waals surface area (Å²) < 4.78 is 0. The Kier molecular flexibility index (Phi) is 3.03. The van der Waals surface area contributed by atoms with E-state index in [-0.39, 0.29) is 0 Å². The van der Waals surface area contributed by atoms with Gasteiger partial charge in [0.15, 0.2) is 0 Å². The van der Waals surface area contributed by atoms with E-state index < -0.39 is 0 Å². The van der Waals surface area contributed by atoms with Crippen molar-refractivity contribution in [1.82, 2.24) is 0 Å². The highest BCUT2D eigenvalue weighted by Crippen LogP contribution is 2.24. The average Bonchev–Trinajstić information content (AvgIpc) is 2.86. The third-order valence-corrected chi connectivity index (χ3v) is 3.51. The van der Waals surface area contributed by atoms with Gasteiger partial charge in [-0.05, 0) is 41.2 Å². The Morgan fingerprint density at radius 3 is 2.72 bits per heavy atom. The first-order valence-electron chi connectivity index (χ1n) is 6.49. The first kappa shape index (κ1) is 11.3. The highest BCUT2D eigenvalue weighted by molar-refractivity contribution is 5.56. The van der Waals surface area contributed by atoms with Gasteiger partial charge in [0.25, 0.3) is 0 Å². The lowest BCUT2D eigenvalue weighted by Crippen LogP contribution is -1.97. The molecule has 0 aromatic heterocycles. The van der Waals surface area contributed by atoms with Crippen molar-refractivity contribution in [2.45, 2.75) is 19.4 Å². The van der Waals surface area contributed by atoms with Crippen LogP contribution in [0.2, 0.25) is 0 Å². The summed E-state index contributed by atoms with van der Waals surface area (Å²) in [4.78, 5) is 0. The molecule has 1 aliphatic heterocycles. The molecule has 0 spiro atoms. The zero-order valence-electron chi connectivity index (χ0n) is 10.4. The zero-order chi connectivity index (χ0) is 12.4. The van der Waals surface area contributed by atoms with Crippen molar-refractivity contribution in [1.29, 1.82) is 0 Å². The summed E-state index contributed by atoms with van der Waals surface area (Å²) >= 11 is 0. The molecule has 1 aliphatic rings. The molecule has 2 nitrogen and oxygen atoms in total. The number of benzene rings is 2. The van der Waals surface area contributed by atoms with E-state index in [1.807, 2.05) is 0 Å². The maximum absolute atomic E-state index is 5.68. The summed E-state index contributed by atoms with van der Waals surface area (Å²) in [5, 5.41) is 3.39. The van der Waals surface area contributed by atoms with Crippen molar-refractivity contribution in [3.05, 3.63) is 64.7 Å². The van der Waals surface area contributed by atoms with E-state index >= 15 is 0 Å². The summed E-state index contributed by atoms with van der Waals surface area (Å²) in [6.07, 6.45) is 2.13. The number of hydrogen-bond acceptors (Lipinski definition) is 2. The van der Waals surface area contributed by atoms with E-state index in [0.717, 1.165) is 19.4 Å². The van der Waals surface area contributed by atoms with Crippen LogP contribution < -0.4 is 11.1 Å². The molecule has 3 rings (SSSR count). The quantitative estimate of drug-likeness (QED) is 0.863. The Balaban J connectivity index is 1.83. The molecule has 0 aliphatic carbocycles. The maximum atomic E-state index is 5.68. The standard InChI is InChI=1S/C16H18N2/c17-11-14-3-1-2-12(9-14)8-13-4-5-16-15(10-13)6-7-18-16/h1-5,9-10,18H,6-8,11,17H2. The molecular weight excluding hydrogens is 220 g/mol.